The van der Waals surface area contributed by atoms with Crippen molar-refractivity contribution in [2.75, 3.05) is 26.2 Å². The highest BCUT2D eigenvalue weighted by molar-refractivity contribution is 7.09. The van der Waals surface area contributed by atoms with Gasteiger partial charge in [-0.15, -0.1) is 11.3 Å². The van der Waals surface area contributed by atoms with Gasteiger partial charge in [-0.2, -0.15) is 0 Å². The highest BCUT2D eigenvalue weighted by Crippen LogP contribution is 2.30. The van der Waals surface area contributed by atoms with Gasteiger partial charge < -0.3 is 10.6 Å². The number of likely N-dealkylation sites (tertiary alicyclic amines) is 1. The molecule has 1 saturated heterocycles. The van der Waals surface area contributed by atoms with Gasteiger partial charge in [0.1, 0.15) is 0 Å². The zero-order chi connectivity index (χ0) is 15.3. The van der Waals surface area contributed by atoms with Crippen molar-refractivity contribution < 1.29 is 0 Å². The van der Waals surface area contributed by atoms with Gasteiger partial charge in [-0.3, -0.25) is 4.90 Å². The van der Waals surface area contributed by atoms with E-state index in [1.54, 1.807) is 0 Å². The Labute approximate surface area is 134 Å². The Morgan fingerprint density at radius 1 is 1.38 bits per heavy atom. The molecule has 4 heteroatoms. The normalized spacial score (nSPS) is 24.7. The maximum atomic E-state index is 6.28. The van der Waals surface area contributed by atoms with E-state index in [4.69, 9.17) is 5.73 Å². The van der Waals surface area contributed by atoms with Crippen LogP contribution in [0.4, 0.5) is 0 Å². The average molecular weight is 310 g/mol. The van der Waals surface area contributed by atoms with Crippen molar-refractivity contribution in [2.45, 2.75) is 58.2 Å². The zero-order valence-electron chi connectivity index (χ0n) is 13.8. The fourth-order valence-electron chi connectivity index (χ4n) is 3.57. The van der Waals surface area contributed by atoms with Gasteiger partial charge in [0.2, 0.25) is 0 Å². The van der Waals surface area contributed by atoms with E-state index < -0.39 is 0 Å². The minimum atomic E-state index is 0.183. The summed E-state index contributed by atoms with van der Waals surface area (Å²) in [6, 6.07) is 5.04. The van der Waals surface area contributed by atoms with E-state index in [0.717, 1.165) is 19.6 Å². The van der Waals surface area contributed by atoms with Crippen LogP contribution in [-0.2, 0) is 6.54 Å². The summed E-state index contributed by atoms with van der Waals surface area (Å²) in [6.45, 7) is 12.2. The minimum absolute atomic E-state index is 0.183. The van der Waals surface area contributed by atoms with Crippen molar-refractivity contribution in [3.8, 4) is 0 Å². The van der Waals surface area contributed by atoms with E-state index in [1.165, 1.54) is 37.2 Å². The molecular formula is C17H31N3S. The SMILES string of the molecule is CCN(Cc1cccs1)C1(CN)CCCN(C(C)C)CC1. The van der Waals surface area contributed by atoms with E-state index in [9.17, 15) is 0 Å². The Morgan fingerprint density at radius 2 is 2.19 bits per heavy atom. The predicted molar refractivity (Wildman–Crippen MR) is 92.7 cm³/mol. The molecule has 0 saturated carbocycles. The van der Waals surface area contributed by atoms with Crippen LogP contribution in [0, 0.1) is 0 Å². The third-order valence-electron chi connectivity index (χ3n) is 5.04. The third kappa shape index (κ3) is 4.07. The van der Waals surface area contributed by atoms with Crippen molar-refractivity contribution >= 4 is 11.3 Å². The number of nitrogens with zero attached hydrogens (tertiary/aromatic N) is 2. The van der Waals surface area contributed by atoms with Crippen molar-refractivity contribution in [3.63, 3.8) is 0 Å². The molecule has 0 aromatic carbocycles. The van der Waals surface area contributed by atoms with Crippen molar-refractivity contribution in [3.05, 3.63) is 22.4 Å². The summed E-state index contributed by atoms with van der Waals surface area (Å²) < 4.78 is 0. The highest BCUT2D eigenvalue weighted by Gasteiger charge is 2.36. The lowest BCUT2D eigenvalue weighted by Crippen LogP contribution is -2.54. The van der Waals surface area contributed by atoms with Crippen LogP contribution < -0.4 is 5.73 Å². The van der Waals surface area contributed by atoms with Crippen LogP contribution in [0.5, 0.6) is 0 Å². The third-order valence-corrected chi connectivity index (χ3v) is 5.90. The summed E-state index contributed by atoms with van der Waals surface area (Å²) in [7, 11) is 0. The maximum Gasteiger partial charge on any atom is 0.0348 e. The molecule has 1 aromatic rings. The molecule has 120 valence electrons. The zero-order valence-corrected chi connectivity index (χ0v) is 14.7. The first-order chi connectivity index (χ1) is 10.1. The van der Waals surface area contributed by atoms with Crippen LogP contribution in [-0.4, -0.2) is 47.6 Å². The fraction of sp³-hybridized carbons (Fsp3) is 0.765. The monoisotopic (exact) mass is 309 g/mol. The van der Waals surface area contributed by atoms with E-state index in [0.29, 0.717) is 6.04 Å². The quantitative estimate of drug-likeness (QED) is 0.876. The predicted octanol–water partition coefficient (Wildman–Crippen LogP) is 3.16. The van der Waals surface area contributed by atoms with E-state index >= 15 is 0 Å². The molecule has 1 unspecified atom stereocenters. The van der Waals surface area contributed by atoms with Gasteiger partial charge in [-0.05, 0) is 57.6 Å². The number of hydrogen-bond donors (Lipinski definition) is 1. The fourth-order valence-corrected chi connectivity index (χ4v) is 4.29. The molecule has 1 atom stereocenters. The molecule has 0 amide bonds. The lowest BCUT2D eigenvalue weighted by atomic mass is 9.88. The minimum Gasteiger partial charge on any atom is -0.329 e. The topological polar surface area (TPSA) is 32.5 Å². The lowest BCUT2D eigenvalue weighted by Gasteiger charge is -2.42. The van der Waals surface area contributed by atoms with Crippen molar-refractivity contribution in [2.24, 2.45) is 5.73 Å². The summed E-state index contributed by atoms with van der Waals surface area (Å²) >= 11 is 1.86. The maximum absolute atomic E-state index is 6.28. The molecule has 2 rings (SSSR count). The number of likely N-dealkylation sites (N-methyl/N-ethyl adjacent to an activating group) is 1. The van der Waals surface area contributed by atoms with E-state index in [-0.39, 0.29) is 5.54 Å². The molecule has 1 aliphatic rings. The van der Waals surface area contributed by atoms with Gasteiger partial charge >= 0.3 is 0 Å². The standard InChI is InChI=1S/C17H31N3S/c1-4-20(13-16-7-5-12-21-16)17(14-18)8-6-10-19(11-9-17)15(2)3/h5,7,12,15H,4,6,8-11,13-14,18H2,1-3H3. The number of thiophene rings is 1. The molecule has 3 nitrogen and oxygen atoms in total. The van der Waals surface area contributed by atoms with Crippen LogP contribution in [0.25, 0.3) is 0 Å². The Balaban J connectivity index is 2.10. The van der Waals surface area contributed by atoms with Gasteiger partial charge in [-0.1, -0.05) is 13.0 Å². The van der Waals surface area contributed by atoms with E-state index in [1.807, 2.05) is 11.3 Å². The molecule has 0 bridgehead atoms. The first-order valence-corrected chi connectivity index (χ1v) is 9.21. The Morgan fingerprint density at radius 3 is 2.76 bits per heavy atom. The largest absolute Gasteiger partial charge is 0.329 e. The van der Waals surface area contributed by atoms with Crippen LogP contribution in [0.3, 0.4) is 0 Å². The number of rotatable bonds is 6. The van der Waals surface area contributed by atoms with Gasteiger partial charge in [0.05, 0.1) is 0 Å². The average Bonchev–Trinajstić information content (AvgIpc) is 2.89. The number of nitrogens with two attached hydrogens (primary N) is 1. The molecule has 0 radical (unpaired) electrons. The molecule has 21 heavy (non-hydrogen) atoms. The Kier molecular flexibility index (Phi) is 6.23. The molecule has 2 N–H and O–H groups in total. The summed E-state index contributed by atoms with van der Waals surface area (Å²) in [5.41, 5.74) is 6.46. The van der Waals surface area contributed by atoms with Crippen molar-refractivity contribution in [1.82, 2.24) is 9.80 Å². The van der Waals surface area contributed by atoms with Crippen molar-refractivity contribution in [1.29, 1.82) is 0 Å². The van der Waals surface area contributed by atoms with Gasteiger partial charge in [0, 0.05) is 36.1 Å². The number of hydrogen-bond acceptors (Lipinski definition) is 4. The van der Waals surface area contributed by atoms with E-state index in [2.05, 4.69) is 48.1 Å². The second-order valence-electron chi connectivity index (χ2n) is 6.51. The summed E-state index contributed by atoms with van der Waals surface area (Å²) in [6.07, 6.45) is 3.68. The summed E-state index contributed by atoms with van der Waals surface area (Å²) in [5.74, 6) is 0. The highest BCUT2D eigenvalue weighted by atomic mass is 32.1. The first-order valence-electron chi connectivity index (χ1n) is 8.33. The van der Waals surface area contributed by atoms with Crippen LogP contribution in [0.15, 0.2) is 17.5 Å². The molecule has 0 spiro atoms. The van der Waals surface area contributed by atoms with Gasteiger partial charge in [-0.25, -0.2) is 0 Å². The molecule has 1 fully saturated rings. The summed E-state index contributed by atoms with van der Waals surface area (Å²) in [4.78, 5) is 6.69. The molecule has 1 aromatic heterocycles. The van der Waals surface area contributed by atoms with Crippen LogP contribution in [0.1, 0.15) is 44.9 Å². The molecule has 2 heterocycles. The van der Waals surface area contributed by atoms with Gasteiger partial charge in [0.25, 0.3) is 0 Å². The lowest BCUT2D eigenvalue weighted by molar-refractivity contribution is 0.0753. The Bertz CT molecular complexity index is 404. The molecular weight excluding hydrogens is 278 g/mol. The molecule has 0 aliphatic carbocycles. The second kappa shape index (κ2) is 7.73. The van der Waals surface area contributed by atoms with Gasteiger partial charge in [0.15, 0.2) is 0 Å². The van der Waals surface area contributed by atoms with Crippen LogP contribution >= 0.6 is 11.3 Å². The second-order valence-corrected chi connectivity index (χ2v) is 7.54. The van der Waals surface area contributed by atoms with Crippen LogP contribution in [0.2, 0.25) is 0 Å². The smallest absolute Gasteiger partial charge is 0.0348 e. The molecule has 1 aliphatic heterocycles. The Hall–Kier alpha value is -0.420. The summed E-state index contributed by atoms with van der Waals surface area (Å²) in [5, 5.41) is 2.17. The first kappa shape index (κ1) is 16.9.